The number of carbonyl (C=O) groups excluding carboxylic acids is 1. The third-order valence-electron chi connectivity index (χ3n) is 3.32. The van der Waals surface area contributed by atoms with Crippen LogP contribution in [0.25, 0.3) is 0 Å². The molecule has 8 heteroatoms. The Bertz CT molecular complexity index is 803. The van der Waals surface area contributed by atoms with E-state index < -0.39 is 23.3 Å². The summed E-state index contributed by atoms with van der Waals surface area (Å²) in [6.07, 6.45) is 0. The number of nitrogens with one attached hydrogen (secondary N) is 2. The SMILES string of the molecule is Cn1c2c(c(=O)n(C)c1=O)C(c1cccs1)NC(=O)N2. The first-order valence-electron chi connectivity index (χ1n) is 5.91. The van der Waals surface area contributed by atoms with Gasteiger partial charge in [0.1, 0.15) is 5.82 Å². The molecule has 0 aromatic carbocycles. The fraction of sp³-hybridized carbons (Fsp3) is 0.250. The van der Waals surface area contributed by atoms with Gasteiger partial charge in [-0.05, 0) is 11.4 Å². The molecule has 1 unspecified atom stereocenters. The minimum Gasteiger partial charge on any atom is -0.326 e. The number of aromatic nitrogens is 2. The molecule has 0 saturated carbocycles. The van der Waals surface area contributed by atoms with Crippen molar-refractivity contribution < 1.29 is 4.79 Å². The first kappa shape index (κ1) is 12.7. The molecule has 0 spiro atoms. The number of amides is 2. The monoisotopic (exact) mass is 292 g/mol. The molecule has 1 atom stereocenters. The van der Waals surface area contributed by atoms with Gasteiger partial charge >= 0.3 is 11.7 Å². The molecule has 1 aliphatic rings. The Morgan fingerprint density at radius 3 is 2.60 bits per heavy atom. The van der Waals surface area contributed by atoms with Crippen LogP contribution < -0.4 is 21.9 Å². The van der Waals surface area contributed by atoms with Crippen LogP contribution in [-0.4, -0.2) is 15.2 Å². The van der Waals surface area contributed by atoms with Crippen molar-refractivity contribution in [3.05, 3.63) is 48.8 Å². The zero-order chi connectivity index (χ0) is 14.4. The molecule has 7 nitrogen and oxygen atoms in total. The van der Waals surface area contributed by atoms with Crippen molar-refractivity contribution in [3.8, 4) is 0 Å². The molecule has 2 N–H and O–H groups in total. The van der Waals surface area contributed by atoms with E-state index in [9.17, 15) is 14.4 Å². The molecule has 0 aliphatic carbocycles. The molecule has 0 fully saturated rings. The van der Waals surface area contributed by atoms with E-state index in [1.165, 1.54) is 30.0 Å². The van der Waals surface area contributed by atoms with Crippen LogP contribution in [0, 0.1) is 0 Å². The van der Waals surface area contributed by atoms with Crippen molar-refractivity contribution in [2.75, 3.05) is 5.32 Å². The molecule has 0 saturated heterocycles. The summed E-state index contributed by atoms with van der Waals surface area (Å²) in [7, 11) is 2.95. The van der Waals surface area contributed by atoms with Crippen molar-refractivity contribution in [2.24, 2.45) is 14.1 Å². The predicted molar refractivity (Wildman–Crippen MR) is 75.2 cm³/mol. The van der Waals surface area contributed by atoms with Gasteiger partial charge in [-0.3, -0.25) is 19.2 Å². The number of anilines is 1. The largest absolute Gasteiger partial charge is 0.332 e. The molecule has 20 heavy (non-hydrogen) atoms. The number of thiophene rings is 1. The predicted octanol–water partition coefficient (Wildman–Crippen LogP) is 0.370. The van der Waals surface area contributed by atoms with Crippen LogP contribution in [0.3, 0.4) is 0 Å². The van der Waals surface area contributed by atoms with E-state index in [-0.39, 0.29) is 5.82 Å². The third-order valence-corrected chi connectivity index (χ3v) is 4.26. The van der Waals surface area contributed by atoms with Gasteiger partial charge in [-0.15, -0.1) is 11.3 Å². The van der Waals surface area contributed by atoms with Crippen LogP contribution >= 0.6 is 11.3 Å². The molecule has 2 amide bonds. The van der Waals surface area contributed by atoms with Gasteiger partial charge in [0.2, 0.25) is 0 Å². The number of urea groups is 1. The van der Waals surface area contributed by atoms with E-state index >= 15 is 0 Å². The number of nitrogens with zero attached hydrogens (tertiary/aromatic N) is 2. The van der Waals surface area contributed by atoms with Crippen LogP contribution in [0.5, 0.6) is 0 Å². The second kappa shape index (κ2) is 4.34. The van der Waals surface area contributed by atoms with Gasteiger partial charge in [-0.2, -0.15) is 0 Å². The van der Waals surface area contributed by atoms with Crippen molar-refractivity contribution in [1.82, 2.24) is 14.5 Å². The maximum absolute atomic E-state index is 12.4. The van der Waals surface area contributed by atoms with Crippen LogP contribution in [0.15, 0.2) is 27.1 Å². The smallest absolute Gasteiger partial charge is 0.326 e. The Kier molecular flexibility index (Phi) is 2.75. The van der Waals surface area contributed by atoms with Crippen LogP contribution in [0.1, 0.15) is 16.5 Å². The van der Waals surface area contributed by atoms with Crippen LogP contribution in [-0.2, 0) is 14.1 Å². The molecule has 104 valence electrons. The Morgan fingerprint density at radius 2 is 1.95 bits per heavy atom. The fourth-order valence-corrected chi connectivity index (χ4v) is 3.08. The molecule has 3 rings (SSSR count). The number of carbonyl (C=O) groups is 1. The molecular formula is C12H12N4O3S. The molecule has 1 aliphatic heterocycles. The maximum atomic E-state index is 12.4. The lowest BCUT2D eigenvalue weighted by Gasteiger charge is -2.27. The van der Waals surface area contributed by atoms with Gasteiger partial charge < -0.3 is 5.32 Å². The van der Waals surface area contributed by atoms with E-state index in [1.807, 2.05) is 17.5 Å². The van der Waals surface area contributed by atoms with E-state index in [4.69, 9.17) is 0 Å². The Morgan fingerprint density at radius 1 is 1.20 bits per heavy atom. The van der Waals surface area contributed by atoms with E-state index in [1.54, 1.807) is 0 Å². The van der Waals surface area contributed by atoms with Gasteiger partial charge in [0.15, 0.2) is 0 Å². The first-order chi connectivity index (χ1) is 9.50. The quantitative estimate of drug-likeness (QED) is 0.796. The fourth-order valence-electron chi connectivity index (χ4n) is 2.30. The minimum absolute atomic E-state index is 0.250. The van der Waals surface area contributed by atoms with E-state index in [0.717, 1.165) is 9.44 Å². The number of hydrogen-bond acceptors (Lipinski definition) is 4. The molecule has 0 radical (unpaired) electrons. The van der Waals surface area contributed by atoms with Gasteiger partial charge in [0.05, 0.1) is 11.6 Å². The van der Waals surface area contributed by atoms with E-state index in [0.29, 0.717) is 5.56 Å². The highest BCUT2D eigenvalue weighted by Gasteiger charge is 2.32. The molecule has 0 bridgehead atoms. The highest BCUT2D eigenvalue weighted by atomic mass is 32.1. The van der Waals surface area contributed by atoms with Crippen LogP contribution in [0.4, 0.5) is 10.6 Å². The van der Waals surface area contributed by atoms with Gasteiger partial charge in [0, 0.05) is 19.0 Å². The Balaban J connectivity index is 2.35. The summed E-state index contributed by atoms with van der Waals surface area (Å²) in [5.41, 5.74) is -0.508. The van der Waals surface area contributed by atoms with Crippen molar-refractivity contribution in [3.63, 3.8) is 0 Å². The van der Waals surface area contributed by atoms with Crippen molar-refractivity contribution in [2.45, 2.75) is 6.04 Å². The molecular weight excluding hydrogens is 280 g/mol. The second-order valence-corrected chi connectivity index (χ2v) is 5.49. The number of fused-ring (bicyclic) bond motifs is 1. The molecule has 2 aromatic heterocycles. The summed E-state index contributed by atoms with van der Waals surface area (Å²) < 4.78 is 2.31. The lowest BCUT2D eigenvalue weighted by Crippen LogP contribution is -2.48. The summed E-state index contributed by atoms with van der Waals surface area (Å²) in [6.45, 7) is 0. The first-order valence-corrected chi connectivity index (χ1v) is 6.79. The number of hydrogen-bond donors (Lipinski definition) is 2. The highest BCUT2D eigenvalue weighted by Crippen LogP contribution is 2.30. The average molecular weight is 292 g/mol. The normalized spacial score (nSPS) is 17.3. The Labute approximate surface area is 117 Å². The standard InChI is InChI=1S/C12H12N4O3S/c1-15-9-7(10(17)16(2)12(15)19)8(13-11(18)14-9)6-4-3-5-20-6/h3-5,8H,1-2H3,(H2,13,14,18). The van der Waals surface area contributed by atoms with Crippen molar-refractivity contribution in [1.29, 1.82) is 0 Å². The average Bonchev–Trinajstić information content (AvgIpc) is 2.95. The minimum atomic E-state index is -0.538. The second-order valence-electron chi connectivity index (χ2n) is 4.51. The Hall–Kier alpha value is -2.35. The lowest BCUT2D eigenvalue weighted by molar-refractivity contribution is 0.248. The van der Waals surface area contributed by atoms with Gasteiger partial charge in [-0.25, -0.2) is 9.59 Å². The zero-order valence-corrected chi connectivity index (χ0v) is 11.7. The zero-order valence-electron chi connectivity index (χ0n) is 10.8. The summed E-state index contributed by atoms with van der Waals surface area (Å²) in [5.74, 6) is 0.250. The van der Waals surface area contributed by atoms with E-state index in [2.05, 4.69) is 10.6 Å². The summed E-state index contributed by atoms with van der Waals surface area (Å²) in [6, 6.07) is 2.72. The molecule has 2 aromatic rings. The molecule has 3 heterocycles. The maximum Gasteiger partial charge on any atom is 0.332 e. The van der Waals surface area contributed by atoms with Gasteiger partial charge in [-0.1, -0.05) is 6.07 Å². The topological polar surface area (TPSA) is 85.1 Å². The van der Waals surface area contributed by atoms with Crippen LogP contribution in [0.2, 0.25) is 0 Å². The summed E-state index contributed by atoms with van der Waals surface area (Å²) in [4.78, 5) is 36.9. The summed E-state index contributed by atoms with van der Waals surface area (Å²) >= 11 is 1.44. The lowest BCUT2D eigenvalue weighted by atomic mass is 10.1. The number of rotatable bonds is 1. The third kappa shape index (κ3) is 1.68. The summed E-state index contributed by atoms with van der Waals surface area (Å²) in [5, 5.41) is 7.13. The highest BCUT2D eigenvalue weighted by molar-refractivity contribution is 7.10. The van der Waals surface area contributed by atoms with Gasteiger partial charge in [0.25, 0.3) is 5.56 Å². The van der Waals surface area contributed by atoms with Crippen molar-refractivity contribution >= 4 is 23.2 Å².